The van der Waals surface area contributed by atoms with Gasteiger partial charge in [0.1, 0.15) is 11.4 Å². The van der Waals surface area contributed by atoms with Crippen molar-refractivity contribution in [1.29, 1.82) is 0 Å². The minimum absolute atomic E-state index is 0.262. The summed E-state index contributed by atoms with van der Waals surface area (Å²) in [5, 5.41) is 5.09. The quantitative estimate of drug-likeness (QED) is 0.352. The van der Waals surface area contributed by atoms with E-state index in [-0.39, 0.29) is 11.8 Å². The third kappa shape index (κ3) is 5.95. The molecule has 0 unspecified atom stereocenters. The third-order valence-electron chi connectivity index (χ3n) is 4.82. The molecule has 0 saturated heterocycles. The fraction of sp³-hybridized carbons (Fsp3) is 0.417. The number of ether oxygens (including phenoxy) is 2. The number of benzene rings is 1. The molecular formula is C24H30N2O4S. The summed E-state index contributed by atoms with van der Waals surface area (Å²) < 4.78 is 11.3. The summed E-state index contributed by atoms with van der Waals surface area (Å²) in [6.07, 6.45) is 3.62. The first-order chi connectivity index (χ1) is 15.2. The summed E-state index contributed by atoms with van der Waals surface area (Å²) in [7, 11) is 0. The van der Waals surface area contributed by atoms with Gasteiger partial charge in [-0.2, -0.15) is 0 Å². The zero-order chi connectivity index (χ0) is 22.1. The van der Waals surface area contributed by atoms with Crippen LogP contribution in [0.5, 0.6) is 5.75 Å². The summed E-state index contributed by atoms with van der Waals surface area (Å²) in [6, 6.07) is 11.2. The van der Waals surface area contributed by atoms with E-state index in [1.165, 1.54) is 16.2 Å². The standard InChI is InChI=1S/C24H30N2O4S/c1-3-5-14-29-15-8-12-26-23(27)21(20-11-7-16-31-20)22(24(26)28)25-18-9-6-10-19(17-18)30-13-4-2/h6-7,9-11,16-17,25H,3-5,8,12-15H2,1-2H3. The van der Waals surface area contributed by atoms with Crippen LogP contribution < -0.4 is 10.1 Å². The van der Waals surface area contributed by atoms with Gasteiger partial charge in [-0.1, -0.05) is 32.4 Å². The second-order valence-corrected chi connectivity index (χ2v) is 8.26. The number of unbranched alkanes of at least 4 members (excludes halogenated alkanes) is 1. The van der Waals surface area contributed by atoms with Crippen molar-refractivity contribution in [1.82, 2.24) is 4.90 Å². The Balaban J connectivity index is 1.75. The maximum atomic E-state index is 13.2. The largest absolute Gasteiger partial charge is 0.494 e. The van der Waals surface area contributed by atoms with Gasteiger partial charge in [0, 0.05) is 36.4 Å². The number of hydrogen-bond donors (Lipinski definition) is 1. The molecule has 0 atom stereocenters. The topological polar surface area (TPSA) is 67.9 Å². The molecule has 1 aromatic carbocycles. The summed E-state index contributed by atoms with van der Waals surface area (Å²) in [5.74, 6) is 0.159. The van der Waals surface area contributed by atoms with Gasteiger partial charge in [-0.25, -0.2) is 0 Å². The van der Waals surface area contributed by atoms with Crippen molar-refractivity contribution < 1.29 is 19.1 Å². The number of thiophene rings is 1. The fourth-order valence-electron chi connectivity index (χ4n) is 3.25. The number of nitrogens with zero attached hydrogens (tertiary/aromatic N) is 1. The summed E-state index contributed by atoms with van der Waals surface area (Å²) in [6.45, 7) is 6.36. The molecule has 7 heteroatoms. The number of rotatable bonds is 13. The number of hydrogen-bond acceptors (Lipinski definition) is 6. The van der Waals surface area contributed by atoms with Crippen molar-refractivity contribution >= 4 is 34.4 Å². The van der Waals surface area contributed by atoms with Gasteiger partial charge in [-0.05, 0) is 42.8 Å². The van der Waals surface area contributed by atoms with Crippen molar-refractivity contribution in [2.24, 2.45) is 0 Å². The Morgan fingerprint density at radius 3 is 2.55 bits per heavy atom. The molecule has 1 N–H and O–H groups in total. The maximum absolute atomic E-state index is 13.2. The lowest BCUT2D eigenvalue weighted by atomic mass is 10.2. The van der Waals surface area contributed by atoms with Crippen molar-refractivity contribution in [3.8, 4) is 5.75 Å². The van der Waals surface area contributed by atoms with Gasteiger partial charge < -0.3 is 14.8 Å². The van der Waals surface area contributed by atoms with Crippen LogP contribution >= 0.6 is 11.3 Å². The molecule has 1 aromatic heterocycles. The van der Waals surface area contributed by atoms with Gasteiger partial charge in [0.25, 0.3) is 11.8 Å². The van der Waals surface area contributed by atoms with E-state index in [1.807, 2.05) is 48.7 Å². The molecule has 0 aliphatic carbocycles. The maximum Gasteiger partial charge on any atom is 0.278 e. The number of carbonyl (C=O) groups is 2. The zero-order valence-electron chi connectivity index (χ0n) is 18.2. The number of carbonyl (C=O) groups excluding carboxylic acids is 2. The minimum Gasteiger partial charge on any atom is -0.494 e. The lowest BCUT2D eigenvalue weighted by Crippen LogP contribution is -2.34. The second kappa shape index (κ2) is 11.7. The molecule has 0 saturated carbocycles. The Morgan fingerprint density at radius 2 is 1.81 bits per heavy atom. The molecule has 31 heavy (non-hydrogen) atoms. The van der Waals surface area contributed by atoms with E-state index in [2.05, 4.69) is 12.2 Å². The monoisotopic (exact) mass is 442 g/mol. The van der Waals surface area contributed by atoms with Crippen LogP contribution in [0, 0.1) is 0 Å². The van der Waals surface area contributed by atoms with Crippen LogP contribution in [0.4, 0.5) is 5.69 Å². The summed E-state index contributed by atoms with van der Waals surface area (Å²) in [4.78, 5) is 28.4. The van der Waals surface area contributed by atoms with Gasteiger partial charge in [0.05, 0.1) is 12.2 Å². The Labute approximate surface area is 187 Å². The Kier molecular flexibility index (Phi) is 8.67. The molecule has 166 valence electrons. The van der Waals surface area contributed by atoms with Crippen LogP contribution in [-0.4, -0.2) is 43.1 Å². The molecule has 0 fully saturated rings. The van der Waals surface area contributed by atoms with Gasteiger partial charge >= 0.3 is 0 Å². The van der Waals surface area contributed by atoms with Crippen LogP contribution in [0.25, 0.3) is 5.57 Å². The fourth-order valence-corrected chi connectivity index (χ4v) is 4.01. The molecule has 3 rings (SSSR count). The Hall–Kier alpha value is -2.64. The number of imide groups is 1. The lowest BCUT2D eigenvalue weighted by Gasteiger charge is -2.15. The lowest BCUT2D eigenvalue weighted by molar-refractivity contribution is -0.137. The number of nitrogens with one attached hydrogen (secondary N) is 1. The highest BCUT2D eigenvalue weighted by Crippen LogP contribution is 2.33. The SMILES string of the molecule is CCCCOCCCN1C(=O)C(Nc2cccc(OCCC)c2)=C(c2cccs2)C1=O. The molecule has 2 amide bonds. The van der Waals surface area contributed by atoms with Crippen LogP contribution in [-0.2, 0) is 14.3 Å². The van der Waals surface area contributed by atoms with Gasteiger partial charge in [0.2, 0.25) is 0 Å². The van der Waals surface area contributed by atoms with E-state index >= 15 is 0 Å². The van der Waals surface area contributed by atoms with E-state index in [0.717, 1.165) is 29.9 Å². The van der Waals surface area contributed by atoms with E-state index in [1.54, 1.807) is 0 Å². The highest BCUT2D eigenvalue weighted by molar-refractivity contribution is 7.11. The van der Waals surface area contributed by atoms with Crippen LogP contribution in [0.1, 0.15) is 44.4 Å². The molecular weight excluding hydrogens is 412 g/mol. The molecule has 6 nitrogen and oxygen atoms in total. The predicted octanol–water partition coefficient (Wildman–Crippen LogP) is 4.94. The summed E-state index contributed by atoms with van der Waals surface area (Å²) >= 11 is 1.45. The molecule has 0 radical (unpaired) electrons. The van der Waals surface area contributed by atoms with Crippen molar-refractivity contribution in [2.45, 2.75) is 39.5 Å². The first-order valence-corrected chi connectivity index (χ1v) is 11.8. The van der Waals surface area contributed by atoms with Crippen LogP contribution in [0.3, 0.4) is 0 Å². The van der Waals surface area contributed by atoms with Crippen molar-refractivity contribution in [2.75, 3.05) is 31.7 Å². The average molecular weight is 443 g/mol. The Bertz CT molecular complexity index is 908. The summed E-state index contributed by atoms with van der Waals surface area (Å²) in [5.41, 5.74) is 1.45. The van der Waals surface area contributed by atoms with E-state index < -0.39 is 0 Å². The van der Waals surface area contributed by atoms with Crippen molar-refractivity contribution in [3.63, 3.8) is 0 Å². The molecule has 0 spiro atoms. The molecule has 2 heterocycles. The third-order valence-corrected chi connectivity index (χ3v) is 5.71. The average Bonchev–Trinajstić information content (AvgIpc) is 3.37. The number of amides is 2. The predicted molar refractivity (Wildman–Crippen MR) is 124 cm³/mol. The smallest absolute Gasteiger partial charge is 0.278 e. The van der Waals surface area contributed by atoms with Crippen LogP contribution in [0.15, 0.2) is 47.5 Å². The van der Waals surface area contributed by atoms with E-state index in [9.17, 15) is 9.59 Å². The Morgan fingerprint density at radius 1 is 0.968 bits per heavy atom. The van der Waals surface area contributed by atoms with Gasteiger partial charge in [-0.15, -0.1) is 11.3 Å². The normalized spacial score (nSPS) is 13.9. The van der Waals surface area contributed by atoms with E-state index in [4.69, 9.17) is 9.47 Å². The van der Waals surface area contributed by atoms with Gasteiger partial charge in [0.15, 0.2) is 0 Å². The first-order valence-electron chi connectivity index (χ1n) is 10.9. The highest BCUT2D eigenvalue weighted by Gasteiger charge is 2.39. The van der Waals surface area contributed by atoms with Crippen molar-refractivity contribution in [3.05, 3.63) is 52.4 Å². The molecule has 0 bridgehead atoms. The number of anilines is 1. The molecule has 2 aromatic rings. The second-order valence-electron chi connectivity index (χ2n) is 7.31. The minimum atomic E-state index is -0.304. The van der Waals surface area contributed by atoms with E-state index in [0.29, 0.717) is 49.7 Å². The highest BCUT2D eigenvalue weighted by atomic mass is 32.1. The molecule has 1 aliphatic heterocycles. The van der Waals surface area contributed by atoms with Crippen LogP contribution in [0.2, 0.25) is 0 Å². The zero-order valence-corrected chi connectivity index (χ0v) is 19.0. The van der Waals surface area contributed by atoms with Gasteiger partial charge in [-0.3, -0.25) is 14.5 Å². The molecule has 1 aliphatic rings. The first kappa shape index (κ1) is 23.0.